The molecule has 0 spiro atoms. The third-order valence-corrected chi connectivity index (χ3v) is 7.39. The summed E-state index contributed by atoms with van der Waals surface area (Å²) >= 11 is 1.65. The number of carboxylic acid groups (broad SMARTS) is 1. The summed E-state index contributed by atoms with van der Waals surface area (Å²) in [6, 6.07) is 35.0. The fourth-order valence-electron chi connectivity index (χ4n) is 4.55. The van der Waals surface area contributed by atoms with Gasteiger partial charge >= 0.3 is 5.97 Å². The monoisotopic (exact) mass is 485 g/mol. The van der Waals surface area contributed by atoms with E-state index in [1.54, 1.807) is 23.5 Å². The number of aliphatic carboxylic acids is 1. The van der Waals surface area contributed by atoms with Gasteiger partial charge in [0.05, 0.1) is 21.6 Å². The van der Waals surface area contributed by atoms with Crippen molar-refractivity contribution in [3.05, 3.63) is 108 Å². The van der Waals surface area contributed by atoms with E-state index in [9.17, 15) is 4.79 Å². The van der Waals surface area contributed by atoms with Crippen LogP contribution in [0.3, 0.4) is 0 Å². The standard InChI is InChI=1S/C30H19N3O2S/c31-18-20(30(34)35)17-21-11-14-25(32-21)29-16-15-28(36-29)19-9-12-22(13-10-19)33-26-7-3-1-5-23(26)24-6-2-4-8-27(24)33/h1-17,32H,(H,34,35)/b20-17-. The van der Waals surface area contributed by atoms with Crippen LogP contribution in [-0.4, -0.2) is 20.6 Å². The number of carbonyl (C=O) groups is 1. The number of carboxylic acids is 1. The molecule has 2 N–H and O–H groups in total. The zero-order valence-corrected chi connectivity index (χ0v) is 19.8. The summed E-state index contributed by atoms with van der Waals surface area (Å²) in [7, 11) is 0. The number of aromatic nitrogens is 2. The van der Waals surface area contributed by atoms with Crippen molar-refractivity contribution in [3.63, 3.8) is 0 Å². The molecule has 0 unspecified atom stereocenters. The average Bonchev–Trinajstić information content (AvgIpc) is 3.65. The van der Waals surface area contributed by atoms with Gasteiger partial charge < -0.3 is 14.7 Å². The van der Waals surface area contributed by atoms with E-state index in [0.717, 1.165) is 26.7 Å². The molecule has 0 aliphatic carbocycles. The second-order valence-corrected chi connectivity index (χ2v) is 9.47. The zero-order chi connectivity index (χ0) is 24.6. The Labute approximate surface area is 210 Å². The molecule has 6 heteroatoms. The van der Waals surface area contributed by atoms with Gasteiger partial charge in [0.25, 0.3) is 0 Å². The largest absolute Gasteiger partial charge is 0.477 e. The molecule has 3 heterocycles. The van der Waals surface area contributed by atoms with Crippen LogP contribution >= 0.6 is 11.3 Å². The Bertz CT molecular complexity index is 1770. The molecule has 3 aromatic carbocycles. The number of thiophene rings is 1. The molecule has 0 saturated heterocycles. The summed E-state index contributed by atoms with van der Waals surface area (Å²) in [4.78, 5) is 16.5. The third-order valence-electron chi connectivity index (χ3n) is 6.22. The van der Waals surface area contributed by atoms with Gasteiger partial charge in [0.15, 0.2) is 0 Å². The number of fused-ring (bicyclic) bond motifs is 3. The number of H-pyrrole nitrogens is 1. The summed E-state index contributed by atoms with van der Waals surface area (Å²) in [5, 5.41) is 20.5. The molecule has 3 aromatic heterocycles. The van der Waals surface area contributed by atoms with Crippen LogP contribution in [0.25, 0.3) is 54.6 Å². The van der Waals surface area contributed by atoms with Crippen LogP contribution < -0.4 is 0 Å². The lowest BCUT2D eigenvalue weighted by Crippen LogP contribution is -1.97. The maximum absolute atomic E-state index is 11.1. The summed E-state index contributed by atoms with van der Waals surface area (Å²) in [6.07, 6.45) is 1.34. The van der Waals surface area contributed by atoms with E-state index >= 15 is 0 Å². The first-order valence-corrected chi connectivity index (χ1v) is 12.2. The van der Waals surface area contributed by atoms with Gasteiger partial charge in [-0.05, 0) is 60.2 Å². The summed E-state index contributed by atoms with van der Waals surface area (Å²) < 4.78 is 2.30. The van der Waals surface area contributed by atoms with Crippen molar-refractivity contribution in [3.8, 4) is 32.8 Å². The number of hydrogen-bond donors (Lipinski definition) is 2. The lowest BCUT2D eigenvalue weighted by atomic mass is 10.1. The summed E-state index contributed by atoms with van der Waals surface area (Å²) in [5.41, 5.74) is 5.75. The number of nitrogens with one attached hydrogen (secondary N) is 1. The van der Waals surface area contributed by atoms with Crippen molar-refractivity contribution in [2.45, 2.75) is 0 Å². The number of nitriles is 1. The van der Waals surface area contributed by atoms with Gasteiger partial charge in [-0.15, -0.1) is 11.3 Å². The third kappa shape index (κ3) is 3.68. The Morgan fingerprint density at radius 1 is 0.833 bits per heavy atom. The van der Waals surface area contributed by atoms with E-state index in [-0.39, 0.29) is 5.57 Å². The summed E-state index contributed by atoms with van der Waals surface area (Å²) in [5.74, 6) is -1.24. The fraction of sp³-hybridized carbons (Fsp3) is 0. The fourth-order valence-corrected chi connectivity index (χ4v) is 5.54. The second-order valence-electron chi connectivity index (χ2n) is 8.38. The van der Waals surface area contributed by atoms with Crippen LogP contribution in [0.1, 0.15) is 5.69 Å². The molecule has 0 atom stereocenters. The number of rotatable bonds is 5. The van der Waals surface area contributed by atoms with Crippen LogP contribution in [0.4, 0.5) is 0 Å². The molecule has 0 bridgehead atoms. The number of aromatic amines is 1. The molecule has 0 fully saturated rings. The highest BCUT2D eigenvalue weighted by Gasteiger charge is 2.13. The molecule has 0 aliphatic heterocycles. The zero-order valence-electron chi connectivity index (χ0n) is 19.0. The van der Waals surface area contributed by atoms with Gasteiger partial charge in [-0.2, -0.15) is 5.26 Å². The number of benzene rings is 3. The normalized spacial score (nSPS) is 11.7. The molecule has 6 aromatic rings. The predicted octanol–water partition coefficient (Wildman–Crippen LogP) is 7.50. The van der Waals surface area contributed by atoms with E-state index in [1.165, 1.54) is 27.9 Å². The minimum absolute atomic E-state index is 0.307. The first-order valence-electron chi connectivity index (χ1n) is 11.4. The smallest absolute Gasteiger partial charge is 0.346 e. The Morgan fingerprint density at radius 3 is 2.11 bits per heavy atom. The lowest BCUT2D eigenvalue weighted by Gasteiger charge is -2.08. The molecule has 0 saturated carbocycles. The number of hydrogen-bond acceptors (Lipinski definition) is 3. The maximum Gasteiger partial charge on any atom is 0.346 e. The lowest BCUT2D eigenvalue weighted by molar-refractivity contribution is -0.132. The highest BCUT2D eigenvalue weighted by Crippen LogP contribution is 2.36. The molecule has 172 valence electrons. The van der Waals surface area contributed by atoms with Crippen LogP contribution in [0.15, 0.2) is 103 Å². The van der Waals surface area contributed by atoms with E-state index in [1.807, 2.05) is 12.1 Å². The van der Waals surface area contributed by atoms with Crippen molar-refractivity contribution in [1.82, 2.24) is 9.55 Å². The SMILES string of the molecule is N#C/C(=C/c1ccc(-c2ccc(-c3ccc(-n4c5ccccc5c5ccccc54)cc3)s2)[nH]1)C(=O)O. The first-order chi connectivity index (χ1) is 17.6. The number of para-hydroxylation sites is 2. The predicted molar refractivity (Wildman–Crippen MR) is 145 cm³/mol. The highest BCUT2D eigenvalue weighted by molar-refractivity contribution is 7.18. The van der Waals surface area contributed by atoms with Gasteiger partial charge in [0.1, 0.15) is 11.6 Å². The Kier molecular flexibility index (Phi) is 5.25. The van der Waals surface area contributed by atoms with Crippen LogP contribution in [-0.2, 0) is 4.79 Å². The Morgan fingerprint density at radius 2 is 1.47 bits per heavy atom. The van der Waals surface area contributed by atoms with Crippen LogP contribution in [0, 0.1) is 11.3 Å². The Balaban J connectivity index is 1.32. The molecule has 6 rings (SSSR count). The molecular weight excluding hydrogens is 466 g/mol. The molecule has 5 nitrogen and oxygen atoms in total. The van der Waals surface area contributed by atoms with Crippen molar-refractivity contribution >= 4 is 45.2 Å². The van der Waals surface area contributed by atoms with E-state index in [2.05, 4.69) is 88.4 Å². The molecule has 36 heavy (non-hydrogen) atoms. The minimum Gasteiger partial charge on any atom is -0.477 e. The van der Waals surface area contributed by atoms with Gasteiger partial charge in [0.2, 0.25) is 0 Å². The topological polar surface area (TPSA) is 81.8 Å². The molecular formula is C30H19N3O2S. The number of nitrogens with zero attached hydrogens (tertiary/aromatic N) is 2. The van der Waals surface area contributed by atoms with Crippen LogP contribution in [0.5, 0.6) is 0 Å². The Hall–Kier alpha value is -4.86. The highest BCUT2D eigenvalue weighted by atomic mass is 32.1. The van der Waals surface area contributed by atoms with Crippen molar-refractivity contribution in [2.24, 2.45) is 0 Å². The average molecular weight is 486 g/mol. The van der Waals surface area contributed by atoms with Gasteiger partial charge in [-0.1, -0.05) is 48.5 Å². The van der Waals surface area contributed by atoms with Crippen molar-refractivity contribution in [2.75, 3.05) is 0 Å². The van der Waals surface area contributed by atoms with Crippen molar-refractivity contribution < 1.29 is 9.90 Å². The molecule has 0 amide bonds. The summed E-state index contributed by atoms with van der Waals surface area (Å²) in [6.45, 7) is 0. The molecule has 0 aliphatic rings. The van der Waals surface area contributed by atoms with Gasteiger partial charge in [-0.25, -0.2) is 4.79 Å². The second kappa shape index (κ2) is 8.73. The van der Waals surface area contributed by atoms with Crippen LogP contribution in [0.2, 0.25) is 0 Å². The first kappa shape index (κ1) is 21.7. The van der Waals surface area contributed by atoms with E-state index in [4.69, 9.17) is 10.4 Å². The maximum atomic E-state index is 11.1. The molecule has 0 radical (unpaired) electrons. The van der Waals surface area contributed by atoms with Gasteiger partial charge in [0, 0.05) is 27.0 Å². The van der Waals surface area contributed by atoms with E-state index in [0.29, 0.717) is 5.69 Å². The van der Waals surface area contributed by atoms with Crippen molar-refractivity contribution in [1.29, 1.82) is 5.26 Å². The minimum atomic E-state index is -1.24. The van der Waals surface area contributed by atoms with E-state index < -0.39 is 5.97 Å². The quantitative estimate of drug-likeness (QED) is 0.196. The van der Waals surface area contributed by atoms with Gasteiger partial charge in [-0.3, -0.25) is 0 Å².